The summed E-state index contributed by atoms with van der Waals surface area (Å²) >= 11 is 0. The summed E-state index contributed by atoms with van der Waals surface area (Å²) in [7, 11) is 1.74. The van der Waals surface area contributed by atoms with E-state index in [2.05, 4.69) is 11.9 Å². The highest BCUT2D eigenvalue weighted by Gasteiger charge is 2.07. The summed E-state index contributed by atoms with van der Waals surface area (Å²) < 4.78 is 5.31. The van der Waals surface area contributed by atoms with Crippen molar-refractivity contribution >= 4 is 0 Å². The first kappa shape index (κ1) is 12.1. The van der Waals surface area contributed by atoms with Crippen LogP contribution in [0.15, 0.2) is 18.3 Å². The Labute approximate surface area is 91.1 Å². The largest absolute Gasteiger partial charge is 0.390 e. The van der Waals surface area contributed by atoms with Gasteiger partial charge in [0.05, 0.1) is 18.4 Å². The molecule has 1 rings (SSSR count). The summed E-state index contributed by atoms with van der Waals surface area (Å²) in [6, 6.07) is 3.92. The first-order valence-corrected chi connectivity index (χ1v) is 5.38. The molecule has 0 aromatic carbocycles. The van der Waals surface area contributed by atoms with Gasteiger partial charge in [-0.05, 0) is 30.9 Å². The predicted molar refractivity (Wildman–Crippen MR) is 59.6 cm³/mol. The number of nitrogens with zero attached hydrogens (tertiary/aromatic N) is 1. The van der Waals surface area contributed by atoms with Gasteiger partial charge in [0.25, 0.3) is 0 Å². The van der Waals surface area contributed by atoms with Crippen LogP contribution in [0.3, 0.4) is 0 Å². The molecule has 1 aromatic rings. The molecule has 3 nitrogen and oxygen atoms in total. The molecule has 84 valence electrons. The predicted octanol–water partition coefficient (Wildman–Crippen LogP) is 1.93. The molecule has 1 unspecified atom stereocenters. The highest BCUT2D eigenvalue weighted by molar-refractivity contribution is 5.19. The van der Waals surface area contributed by atoms with Crippen LogP contribution >= 0.6 is 0 Å². The average Bonchev–Trinajstić information content (AvgIpc) is 2.31. The van der Waals surface area contributed by atoms with Gasteiger partial charge < -0.3 is 9.84 Å². The fourth-order valence-electron chi connectivity index (χ4n) is 1.65. The van der Waals surface area contributed by atoms with Crippen molar-refractivity contribution in [1.29, 1.82) is 0 Å². The maximum absolute atomic E-state index is 9.10. The second kappa shape index (κ2) is 6.53. The number of methoxy groups -OCH3 is 1. The highest BCUT2D eigenvalue weighted by Crippen LogP contribution is 2.12. The summed E-state index contributed by atoms with van der Waals surface area (Å²) in [6.45, 7) is 2.13. The number of hydrogen-bond acceptors (Lipinski definition) is 3. The molecule has 0 aliphatic rings. The van der Waals surface area contributed by atoms with Gasteiger partial charge in [0.2, 0.25) is 0 Å². The molecular weight excluding hydrogens is 190 g/mol. The van der Waals surface area contributed by atoms with E-state index in [-0.39, 0.29) is 6.61 Å². The van der Waals surface area contributed by atoms with E-state index >= 15 is 0 Å². The lowest BCUT2D eigenvalue weighted by Crippen LogP contribution is -2.11. The second-order valence-corrected chi connectivity index (χ2v) is 3.57. The van der Waals surface area contributed by atoms with Crippen LogP contribution in [0.1, 0.15) is 31.0 Å². The van der Waals surface area contributed by atoms with Gasteiger partial charge in [-0.2, -0.15) is 0 Å². The second-order valence-electron chi connectivity index (χ2n) is 3.57. The Hall–Kier alpha value is -0.930. The molecular formula is C12H19NO2. The first-order valence-electron chi connectivity index (χ1n) is 5.38. The Bertz CT molecular complexity index is 285. The standard InChI is InChI=1S/C12H19NO2/c1-3-11(15-2)7-6-10-5-4-8-13-12(10)9-14/h4-5,8,11,14H,3,6-7,9H2,1-2H3. The number of pyridine rings is 1. The maximum atomic E-state index is 9.10. The van der Waals surface area contributed by atoms with Crippen molar-refractivity contribution in [3.63, 3.8) is 0 Å². The summed E-state index contributed by atoms with van der Waals surface area (Å²) in [5, 5.41) is 9.10. The Kier molecular flexibility index (Phi) is 5.29. The van der Waals surface area contributed by atoms with E-state index in [1.165, 1.54) is 0 Å². The van der Waals surface area contributed by atoms with Crippen LogP contribution in [0.5, 0.6) is 0 Å². The molecule has 0 radical (unpaired) electrons. The van der Waals surface area contributed by atoms with Crippen molar-refractivity contribution in [2.24, 2.45) is 0 Å². The van der Waals surface area contributed by atoms with Crippen LogP contribution in [-0.4, -0.2) is 23.3 Å². The minimum Gasteiger partial charge on any atom is -0.390 e. The third kappa shape index (κ3) is 3.61. The summed E-state index contributed by atoms with van der Waals surface area (Å²) in [5.74, 6) is 0. The van der Waals surface area contributed by atoms with Crippen molar-refractivity contribution in [2.45, 2.75) is 38.9 Å². The zero-order valence-corrected chi connectivity index (χ0v) is 9.44. The number of hydrogen-bond donors (Lipinski definition) is 1. The van der Waals surface area contributed by atoms with Crippen LogP contribution < -0.4 is 0 Å². The highest BCUT2D eigenvalue weighted by atomic mass is 16.5. The fraction of sp³-hybridized carbons (Fsp3) is 0.583. The van der Waals surface area contributed by atoms with Crippen LogP contribution in [0.4, 0.5) is 0 Å². The molecule has 15 heavy (non-hydrogen) atoms. The van der Waals surface area contributed by atoms with Crippen molar-refractivity contribution in [3.05, 3.63) is 29.6 Å². The number of rotatable bonds is 6. The Morgan fingerprint density at radius 2 is 2.33 bits per heavy atom. The van der Waals surface area contributed by atoms with E-state index in [0.29, 0.717) is 6.10 Å². The van der Waals surface area contributed by atoms with Gasteiger partial charge in [-0.1, -0.05) is 13.0 Å². The molecule has 3 heteroatoms. The van der Waals surface area contributed by atoms with Gasteiger partial charge in [0.15, 0.2) is 0 Å². The van der Waals surface area contributed by atoms with E-state index in [1.807, 2.05) is 12.1 Å². The quantitative estimate of drug-likeness (QED) is 0.778. The van der Waals surface area contributed by atoms with Gasteiger partial charge in [0.1, 0.15) is 0 Å². The minimum absolute atomic E-state index is 0.0138. The van der Waals surface area contributed by atoms with Crippen LogP contribution in [0.2, 0.25) is 0 Å². The summed E-state index contributed by atoms with van der Waals surface area (Å²) in [5.41, 5.74) is 1.90. The SMILES string of the molecule is CCC(CCc1cccnc1CO)OC. The van der Waals surface area contributed by atoms with Gasteiger partial charge in [-0.15, -0.1) is 0 Å². The number of aliphatic hydroxyl groups is 1. The minimum atomic E-state index is 0.0138. The first-order chi connectivity index (χ1) is 7.31. The van der Waals surface area contributed by atoms with Crippen molar-refractivity contribution in [3.8, 4) is 0 Å². The van der Waals surface area contributed by atoms with Crippen molar-refractivity contribution in [1.82, 2.24) is 4.98 Å². The number of aliphatic hydroxyl groups excluding tert-OH is 1. The molecule has 0 saturated heterocycles. The maximum Gasteiger partial charge on any atom is 0.0855 e. The van der Waals surface area contributed by atoms with E-state index in [0.717, 1.165) is 30.5 Å². The Morgan fingerprint density at radius 3 is 2.93 bits per heavy atom. The number of aromatic nitrogens is 1. The van der Waals surface area contributed by atoms with E-state index < -0.39 is 0 Å². The molecule has 0 fully saturated rings. The molecule has 1 aromatic heterocycles. The summed E-state index contributed by atoms with van der Waals surface area (Å²) in [6.07, 6.45) is 4.92. The van der Waals surface area contributed by atoms with Gasteiger partial charge in [0, 0.05) is 13.3 Å². The van der Waals surface area contributed by atoms with Crippen molar-refractivity contribution < 1.29 is 9.84 Å². The fourth-order valence-corrected chi connectivity index (χ4v) is 1.65. The zero-order chi connectivity index (χ0) is 11.1. The zero-order valence-electron chi connectivity index (χ0n) is 9.44. The van der Waals surface area contributed by atoms with Gasteiger partial charge >= 0.3 is 0 Å². The molecule has 0 amide bonds. The Balaban J connectivity index is 2.56. The van der Waals surface area contributed by atoms with Crippen LogP contribution in [-0.2, 0) is 17.8 Å². The van der Waals surface area contributed by atoms with E-state index in [1.54, 1.807) is 13.3 Å². The molecule has 0 saturated carbocycles. The van der Waals surface area contributed by atoms with Gasteiger partial charge in [-0.3, -0.25) is 4.98 Å². The van der Waals surface area contributed by atoms with E-state index in [9.17, 15) is 0 Å². The molecule has 0 spiro atoms. The van der Waals surface area contributed by atoms with Gasteiger partial charge in [-0.25, -0.2) is 0 Å². The molecule has 1 heterocycles. The van der Waals surface area contributed by atoms with Crippen molar-refractivity contribution in [2.75, 3.05) is 7.11 Å². The molecule has 0 aliphatic carbocycles. The van der Waals surface area contributed by atoms with Crippen LogP contribution in [0.25, 0.3) is 0 Å². The molecule has 0 aliphatic heterocycles. The molecule has 1 N–H and O–H groups in total. The van der Waals surface area contributed by atoms with E-state index in [4.69, 9.17) is 9.84 Å². The smallest absolute Gasteiger partial charge is 0.0855 e. The van der Waals surface area contributed by atoms with Crippen LogP contribution in [0, 0.1) is 0 Å². The molecule has 1 atom stereocenters. The lowest BCUT2D eigenvalue weighted by molar-refractivity contribution is 0.0923. The Morgan fingerprint density at radius 1 is 1.53 bits per heavy atom. The number of aryl methyl sites for hydroxylation is 1. The summed E-state index contributed by atoms with van der Waals surface area (Å²) in [4.78, 5) is 4.14. The third-order valence-corrected chi connectivity index (χ3v) is 2.66. The average molecular weight is 209 g/mol. The lowest BCUT2D eigenvalue weighted by atomic mass is 10.0. The lowest BCUT2D eigenvalue weighted by Gasteiger charge is -2.13. The topological polar surface area (TPSA) is 42.4 Å². The number of ether oxygens (including phenoxy) is 1. The third-order valence-electron chi connectivity index (χ3n) is 2.66. The molecule has 0 bridgehead atoms. The monoisotopic (exact) mass is 209 g/mol. The normalized spacial score (nSPS) is 12.7.